The van der Waals surface area contributed by atoms with Crippen LogP contribution in [0.2, 0.25) is 0 Å². The minimum atomic E-state index is -0.440. The number of rotatable bonds is 8. The fourth-order valence-electron chi connectivity index (χ4n) is 2.64. The van der Waals surface area contributed by atoms with Gasteiger partial charge in [0.25, 0.3) is 0 Å². The first-order chi connectivity index (χ1) is 11.1. The third-order valence-corrected chi connectivity index (χ3v) is 3.76. The van der Waals surface area contributed by atoms with Gasteiger partial charge in [0.15, 0.2) is 0 Å². The molecule has 0 aliphatic rings. The van der Waals surface area contributed by atoms with Crippen molar-refractivity contribution in [2.45, 2.75) is 33.0 Å². The molecule has 2 nitrogen and oxygen atoms in total. The van der Waals surface area contributed by atoms with Crippen LogP contribution in [0, 0.1) is 5.92 Å². The molecule has 0 heterocycles. The van der Waals surface area contributed by atoms with Gasteiger partial charge in [-0.1, -0.05) is 79.2 Å². The molecule has 0 unspecified atom stereocenters. The van der Waals surface area contributed by atoms with Gasteiger partial charge in [-0.3, -0.25) is 0 Å². The molecule has 0 spiro atoms. The Balaban J connectivity index is 1.76. The van der Waals surface area contributed by atoms with Gasteiger partial charge in [0, 0.05) is 0 Å². The Hall–Kier alpha value is -1.90. The van der Waals surface area contributed by atoms with Crippen molar-refractivity contribution >= 4 is 0 Å². The molecule has 0 fully saturated rings. The summed E-state index contributed by atoms with van der Waals surface area (Å²) >= 11 is 0. The normalized spacial score (nSPS) is 14.5. The van der Waals surface area contributed by atoms with Gasteiger partial charge in [-0.25, -0.2) is 0 Å². The van der Waals surface area contributed by atoms with Crippen LogP contribution in [-0.2, 0) is 11.3 Å². The fourth-order valence-corrected chi connectivity index (χ4v) is 2.64. The van der Waals surface area contributed by atoms with Gasteiger partial charge in [-0.05, 0) is 30.4 Å². The van der Waals surface area contributed by atoms with E-state index in [2.05, 4.69) is 32.1 Å². The molecule has 2 rings (SSSR count). The van der Waals surface area contributed by atoms with Crippen LogP contribution in [-0.4, -0.2) is 11.7 Å². The second kappa shape index (κ2) is 9.29. The van der Waals surface area contributed by atoms with Crippen molar-refractivity contribution in [3.63, 3.8) is 0 Å². The molecule has 0 saturated carbocycles. The van der Waals surface area contributed by atoms with Gasteiger partial charge in [0.2, 0.25) is 0 Å². The number of ether oxygens (including phenoxy) is 1. The minimum Gasteiger partial charge on any atom is -0.388 e. The molecule has 2 atom stereocenters. The predicted molar refractivity (Wildman–Crippen MR) is 95.0 cm³/mol. The quantitative estimate of drug-likeness (QED) is 0.702. The van der Waals surface area contributed by atoms with Crippen LogP contribution in [0.1, 0.15) is 37.5 Å². The van der Waals surface area contributed by atoms with Gasteiger partial charge in [-0.15, -0.1) is 0 Å². The lowest BCUT2D eigenvalue weighted by Gasteiger charge is -2.13. The summed E-state index contributed by atoms with van der Waals surface area (Å²) in [4.78, 5) is 0. The van der Waals surface area contributed by atoms with E-state index < -0.39 is 6.10 Å². The highest BCUT2D eigenvalue weighted by Crippen LogP contribution is 2.21. The molecule has 122 valence electrons. The van der Waals surface area contributed by atoms with Crippen LogP contribution in [0.4, 0.5) is 0 Å². The van der Waals surface area contributed by atoms with E-state index in [1.54, 1.807) is 0 Å². The summed E-state index contributed by atoms with van der Waals surface area (Å²) in [5.74, 6) is 0.335. The Morgan fingerprint density at radius 2 is 1.65 bits per heavy atom. The SMILES string of the molecule is C/C(=C/[C@@H](C)COCc1ccccc1)C[C@@H](O)c1ccccc1. The van der Waals surface area contributed by atoms with Crippen molar-refractivity contribution in [1.82, 2.24) is 0 Å². The standard InChI is InChI=1S/C21H26O2/c1-17(14-21(22)20-11-7-4-8-12-20)13-18(2)15-23-16-19-9-5-3-6-10-19/h3-13,18,21-22H,14-16H2,1-2H3/b17-13-/t18-,21-/m1/s1. The summed E-state index contributed by atoms with van der Waals surface area (Å²) in [5.41, 5.74) is 3.35. The smallest absolute Gasteiger partial charge is 0.0827 e. The lowest BCUT2D eigenvalue weighted by Crippen LogP contribution is -2.05. The molecule has 0 amide bonds. The largest absolute Gasteiger partial charge is 0.388 e. The van der Waals surface area contributed by atoms with E-state index in [1.807, 2.05) is 48.5 Å². The van der Waals surface area contributed by atoms with Gasteiger partial charge in [-0.2, -0.15) is 0 Å². The molecule has 0 saturated heterocycles. The zero-order chi connectivity index (χ0) is 16.5. The van der Waals surface area contributed by atoms with Crippen molar-refractivity contribution in [2.24, 2.45) is 5.92 Å². The van der Waals surface area contributed by atoms with E-state index in [0.29, 0.717) is 25.6 Å². The topological polar surface area (TPSA) is 29.5 Å². The first kappa shape index (κ1) is 17.5. The highest BCUT2D eigenvalue weighted by atomic mass is 16.5. The van der Waals surface area contributed by atoms with E-state index in [9.17, 15) is 5.11 Å². The molecule has 1 N–H and O–H groups in total. The minimum absolute atomic E-state index is 0.335. The van der Waals surface area contributed by atoms with E-state index in [-0.39, 0.29) is 0 Å². The summed E-state index contributed by atoms with van der Waals surface area (Å²) in [6.45, 7) is 5.54. The van der Waals surface area contributed by atoms with Gasteiger partial charge >= 0.3 is 0 Å². The first-order valence-electron chi connectivity index (χ1n) is 8.17. The summed E-state index contributed by atoms with van der Waals surface area (Å²) in [6, 6.07) is 20.0. The van der Waals surface area contributed by atoms with Crippen molar-refractivity contribution in [3.8, 4) is 0 Å². The molecule has 0 bridgehead atoms. The van der Waals surface area contributed by atoms with Crippen LogP contribution in [0.5, 0.6) is 0 Å². The Kier molecular flexibility index (Phi) is 7.05. The van der Waals surface area contributed by atoms with E-state index in [0.717, 1.165) is 5.56 Å². The first-order valence-corrected chi connectivity index (χ1v) is 8.17. The molecule has 2 heteroatoms. The number of aliphatic hydroxyl groups excluding tert-OH is 1. The van der Waals surface area contributed by atoms with E-state index in [4.69, 9.17) is 4.74 Å². The highest BCUT2D eigenvalue weighted by molar-refractivity contribution is 5.19. The maximum Gasteiger partial charge on any atom is 0.0827 e. The van der Waals surface area contributed by atoms with Crippen LogP contribution < -0.4 is 0 Å². The molecule has 0 aliphatic carbocycles. The molecule has 0 radical (unpaired) electrons. The molecule has 0 aliphatic heterocycles. The second-order valence-corrected chi connectivity index (χ2v) is 6.12. The van der Waals surface area contributed by atoms with Crippen molar-refractivity contribution in [2.75, 3.05) is 6.61 Å². The van der Waals surface area contributed by atoms with Crippen LogP contribution in [0.3, 0.4) is 0 Å². The van der Waals surface area contributed by atoms with Crippen molar-refractivity contribution < 1.29 is 9.84 Å². The molecule has 2 aromatic carbocycles. The molecular formula is C21H26O2. The van der Waals surface area contributed by atoms with Crippen LogP contribution in [0.25, 0.3) is 0 Å². The van der Waals surface area contributed by atoms with Gasteiger partial charge < -0.3 is 9.84 Å². The molecule has 0 aromatic heterocycles. The third-order valence-electron chi connectivity index (χ3n) is 3.76. The zero-order valence-corrected chi connectivity index (χ0v) is 14.0. The average molecular weight is 310 g/mol. The maximum absolute atomic E-state index is 10.3. The third kappa shape index (κ3) is 6.39. The number of hydrogen-bond donors (Lipinski definition) is 1. The van der Waals surface area contributed by atoms with E-state index >= 15 is 0 Å². The van der Waals surface area contributed by atoms with Crippen LogP contribution >= 0.6 is 0 Å². The Bertz CT molecular complexity index is 590. The highest BCUT2D eigenvalue weighted by Gasteiger charge is 2.08. The average Bonchev–Trinajstić information content (AvgIpc) is 2.56. The zero-order valence-electron chi connectivity index (χ0n) is 14.0. The Labute approximate surface area is 139 Å². The van der Waals surface area contributed by atoms with E-state index in [1.165, 1.54) is 11.1 Å². The second-order valence-electron chi connectivity index (χ2n) is 6.12. The Morgan fingerprint density at radius 3 is 2.30 bits per heavy atom. The van der Waals surface area contributed by atoms with Crippen molar-refractivity contribution in [3.05, 3.63) is 83.4 Å². The summed E-state index contributed by atoms with van der Waals surface area (Å²) < 4.78 is 5.76. The van der Waals surface area contributed by atoms with Gasteiger partial charge in [0.1, 0.15) is 0 Å². The lowest BCUT2D eigenvalue weighted by molar-refractivity contribution is 0.103. The fraction of sp³-hybridized carbons (Fsp3) is 0.333. The number of aliphatic hydroxyl groups is 1. The Morgan fingerprint density at radius 1 is 1.04 bits per heavy atom. The number of benzene rings is 2. The summed E-state index contributed by atoms with van der Waals surface area (Å²) in [5, 5.41) is 10.3. The monoisotopic (exact) mass is 310 g/mol. The lowest BCUT2D eigenvalue weighted by atomic mass is 10.00. The van der Waals surface area contributed by atoms with Gasteiger partial charge in [0.05, 0.1) is 19.3 Å². The molecule has 2 aromatic rings. The summed E-state index contributed by atoms with van der Waals surface area (Å²) in [6.07, 6.45) is 2.41. The molecular weight excluding hydrogens is 284 g/mol. The van der Waals surface area contributed by atoms with Crippen LogP contribution in [0.15, 0.2) is 72.3 Å². The van der Waals surface area contributed by atoms with Crippen molar-refractivity contribution in [1.29, 1.82) is 0 Å². The number of hydrogen-bond acceptors (Lipinski definition) is 2. The summed E-state index contributed by atoms with van der Waals surface area (Å²) in [7, 11) is 0. The molecule has 23 heavy (non-hydrogen) atoms. The maximum atomic E-state index is 10.3. The predicted octanol–water partition coefficient (Wildman–Crippen LogP) is 4.91.